The van der Waals surface area contributed by atoms with Gasteiger partial charge in [-0.3, -0.25) is 20.5 Å². The normalized spacial score (nSPS) is 20.8. The molecular weight excluding hydrogens is 360 g/mol. The summed E-state index contributed by atoms with van der Waals surface area (Å²) in [5, 5.41) is 3.94. The Labute approximate surface area is 159 Å². The fraction of sp³-hybridized carbons (Fsp3) is 0.529. The second-order valence-corrected chi connectivity index (χ2v) is 7.17. The van der Waals surface area contributed by atoms with Gasteiger partial charge in [-0.1, -0.05) is 17.7 Å². The van der Waals surface area contributed by atoms with E-state index in [-0.39, 0.29) is 18.1 Å². The molecule has 6 nitrogen and oxygen atoms in total. The summed E-state index contributed by atoms with van der Waals surface area (Å²) < 4.78 is 5.69. The Balaban J connectivity index is 1.68. The monoisotopic (exact) mass is 384 g/mol. The molecule has 1 saturated heterocycles. The number of thiocarbonyl (C=S) groups is 1. The average molecular weight is 385 g/mol. The number of rotatable bonds is 4. The van der Waals surface area contributed by atoms with Crippen LogP contribution in [-0.2, 0) is 9.53 Å². The van der Waals surface area contributed by atoms with E-state index in [2.05, 4.69) is 21.1 Å². The van der Waals surface area contributed by atoms with E-state index in [0.717, 1.165) is 24.3 Å². The summed E-state index contributed by atoms with van der Waals surface area (Å²) >= 11 is 11.2. The van der Waals surface area contributed by atoms with Crippen LogP contribution in [0.25, 0.3) is 0 Å². The van der Waals surface area contributed by atoms with E-state index >= 15 is 0 Å². The molecule has 0 aromatic heterocycles. The number of aryl methyl sites for hydroxylation is 1. The highest BCUT2D eigenvalue weighted by molar-refractivity contribution is 7.80. The number of ether oxygens (including phenoxy) is 1. The van der Waals surface area contributed by atoms with E-state index in [4.69, 9.17) is 28.6 Å². The number of nitrogens with zero attached hydrogens (tertiary/aromatic N) is 1. The van der Waals surface area contributed by atoms with Crippen molar-refractivity contribution in [2.24, 2.45) is 0 Å². The van der Waals surface area contributed by atoms with Crippen LogP contribution in [0, 0.1) is 6.92 Å². The largest absolute Gasteiger partial charge is 0.373 e. The van der Waals surface area contributed by atoms with Gasteiger partial charge in [0.05, 0.1) is 12.2 Å². The topological polar surface area (TPSA) is 65.6 Å². The highest BCUT2D eigenvalue weighted by Crippen LogP contribution is 2.19. The van der Waals surface area contributed by atoms with Crippen LogP contribution in [0.5, 0.6) is 0 Å². The zero-order valence-electron chi connectivity index (χ0n) is 14.8. The fourth-order valence-electron chi connectivity index (χ4n) is 2.75. The zero-order valence-corrected chi connectivity index (χ0v) is 16.3. The van der Waals surface area contributed by atoms with E-state index < -0.39 is 0 Å². The number of carbonyl (C=O) groups excluding carboxylic acids is 1. The van der Waals surface area contributed by atoms with Crippen molar-refractivity contribution in [3.63, 3.8) is 0 Å². The third-order valence-corrected chi connectivity index (χ3v) is 4.51. The van der Waals surface area contributed by atoms with Gasteiger partial charge in [0.2, 0.25) is 5.91 Å². The Kier molecular flexibility index (Phi) is 7.43. The van der Waals surface area contributed by atoms with E-state index in [1.54, 1.807) is 6.07 Å². The summed E-state index contributed by atoms with van der Waals surface area (Å²) in [5.74, 6) is -0.113. The van der Waals surface area contributed by atoms with E-state index in [1.165, 1.54) is 0 Å². The number of benzene rings is 1. The quantitative estimate of drug-likeness (QED) is 0.547. The molecule has 3 N–H and O–H groups in total. The maximum Gasteiger partial charge on any atom is 0.239 e. The third-order valence-electron chi connectivity index (χ3n) is 3.90. The maximum absolute atomic E-state index is 12.0. The molecule has 2 atom stereocenters. The number of hydrogen-bond acceptors (Lipinski definition) is 4. The van der Waals surface area contributed by atoms with Crippen molar-refractivity contribution >= 4 is 40.5 Å². The zero-order chi connectivity index (χ0) is 18.4. The highest BCUT2D eigenvalue weighted by atomic mass is 35.5. The van der Waals surface area contributed by atoms with E-state index in [9.17, 15) is 4.79 Å². The summed E-state index contributed by atoms with van der Waals surface area (Å²) in [5.41, 5.74) is 7.07. The molecule has 0 aliphatic carbocycles. The molecule has 0 bridgehead atoms. The molecule has 0 saturated carbocycles. The molecular formula is C17H25ClN4O2S. The van der Waals surface area contributed by atoms with Gasteiger partial charge in [0.25, 0.3) is 0 Å². The van der Waals surface area contributed by atoms with Crippen LogP contribution in [0.15, 0.2) is 18.2 Å². The highest BCUT2D eigenvalue weighted by Gasteiger charge is 2.22. The first-order valence-electron chi connectivity index (χ1n) is 8.33. The number of amides is 1. The molecule has 1 aromatic carbocycles. The number of halogens is 1. The SMILES string of the molecule is Cc1ccc(NC(=S)NNC(=O)CCN2C[C@@H](C)O[C@@H](C)C2)cc1Cl. The molecule has 8 heteroatoms. The van der Waals surface area contributed by atoms with Gasteiger partial charge in [0, 0.05) is 36.8 Å². The van der Waals surface area contributed by atoms with Crippen molar-refractivity contribution in [2.45, 2.75) is 39.4 Å². The molecule has 1 aromatic rings. The van der Waals surface area contributed by atoms with Crippen molar-refractivity contribution < 1.29 is 9.53 Å². The summed E-state index contributed by atoms with van der Waals surface area (Å²) in [6.07, 6.45) is 0.789. The van der Waals surface area contributed by atoms with Gasteiger partial charge in [0.15, 0.2) is 5.11 Å². The van der Waals surface area contributed by atoms with Crippen LogP contribution in [-0.4, -0.2) is 47.8 Å². The Hall–Kier alpha value is -1.41. The molecule has 0 unspecified atom stereocenters. The minimum atomic E-state index is -0.113. The number of hydrazine groups is 1. The van der Waals surface area contributed by atoms with Crippen LogP contribution in [0.2, 0.25) is 5.02 Å². The van der Waals surface area contributed by atoms with Crippen molar-refractivity contribution in [1.29, 1.82) is 0 Å². The Morgan fingerprint density at radius 1 is 1.32 bits per heavy atom. The van der Waals surface area contributed by atoms with Crippen molar-refractivity contribution in [3.8, 4) is 0 Å². The number of hydrogen-bond donors (Lipinski definition) is 3. The first kappa shape index (κ1) is 19.9. The minimum Gasteiger partial charge on any atom is -0.373 e. The second-order valence-electron chi connectivity index (χ2n) is 6.36. The predicted octanol–water partition coefficient (Wildman–Crippen LogP) is 2.47. The Morgan fingerprint density at radius 2 is 2.00 bits per heavy atom. The summed E-state index contributed by atoms with van der Waals surface area (Å²) in [6.45, 7) is 8.41. The van der Waals surface area contributed by atoms with Gasteiger partial charge < -0.3 is 10.1 Å². The van der Waals surface area contributed by atoms with Gasteiger partial charge >= 0.3 is 0 Å². The van der Waals surface area contributed by atoms with Gasteiger partial charge in [-0.25, -0.2) is 0 Å². The van der Waals surface area contributed by atoms with Crippen LogP contribution in [0.1, 0.15) is 25.8 Å². The minimum absolute atomic E-state index is 0.113. The van der Waals surface area contributed by atoms with Gasteiger partial charge in [-0.05, 0) is 50.7 Å². The lowest BCUT2D eigenvalue weighted by molar-refractivity contribution is -0.123. The van der Waals surface area contributed by atoms with Crippen molar-refractivity contribution in [2.75, 3.05) is 25.0 Å². The Morgan fingerprint density at radius 3 is 2.64 bits per heavy atom. The van der Waals surface area contributed by atoms with Gasteiger partial charge in [-0.15, -0.1) is 0 Å². The summed E-state index contributed by atoms with van der Waals surface area (Å²) in [6, 6.07) is 5.56. The summed E-state index contributed by atoms with van der Waals surface area (Å²) in [7, 11) is 0. The fourth-order valence-corrected chi connectivity index (χ4v) is 3.10. The van der Waals surface area contributed by atoms with E-state index in [0.29, 0.717) is 23.1 Å². The van der Waals surface area contributed by atoms with Crippen LogP contribution >= 0.6 is 23.8 Å². The van der Waals surface area contributed by atoms with Crippen LogP contribution < -0.4 is 16.2 Å². The van der Waals surface area contributed by atoms with E-state index in [1.807, 2.05) is 32.9 Å². The number of nitrogens with one attached hydrogen (secondary N) is 3. The molecule has 0 radical (unpaired) electrons. The molecule has 1 fully saturated rings. The lowest BCUT2D eigenvalue weighted by Gasteiger charge is -2.35. The standard InChI is InChI=1S/C17H25ClN4O2S/c1-11-4-5-14(8-15(11)18)19-17(25)21-20-16(23)6-7-22-9-12(2)24-13(3)10-22/h4-5,8,12-13H,6-7,9-10H2,1-3H3,(H,20,23)(H2,19,21,25)/t12-,13+. The smallest absolute Gasteiger partial charge is 0.239 e. The average Bonchev–Trinajstić information content (AvgIpc) is 2.53. The van der Waals surface area contributed by atoms with Crippen molar-refractivity contribution in [1.82, 2.24) is 15.8 Å². The molecule has 138 valence electrons. The first-order chi connectivity index (χ1) is 11.8. The maximum atomic E-state index is 12.0. The molecule has 25 heavy (non-hydrogen) atoms. The molecule has 1 aliphatic rings. The predicted molar refractivity (Wildman–Crippen MR) is 105 cm³/mol. The second kappa shape index (κ2) is 9.33. The van der Waals surface area contributed by atoms with Crippen molar-refractivity contribution in [3.05, 3.63) is 28.8 Å². The number of morpholine rings is 1. The first-order valence-corrected chi connectivity index (χ1v) is 9.12. The van der Waals surface area contributed by atoms with Gasteiger partial charge in [-0.2, -0.15) is 0 Å². The molecule has 2 rings (SSSR count). The molecule has 1 heterocycles. The van der Waals surface area contributed by atoms with Crippen LogP contribution in [0.4, 0.5) is 5.69 Å². The lowest BCUT2D eigenvalue weighted by atomic mass is 10.2. The number of carbonyl (C=O) groups is 1. The molecule has 1 aliphatic heterocycles. The lowest BCUT2D eigenvalue weighted by Crippen LogP contribution is -2.48. The number of anilines is 1. The van der Waals surface area contributed by atoms with Crippen LogP contribution in [0.3, 0.4) is 0 Å². The van der Waals surface area contributed by atoms with Gasteiger partial charge in [0.1, 0.15) is 0 Å². The molecule has 0 spiro atoms. The Bertz CT molecular complexity index is 619. The summed E-state index contributed by atoms with van der Waals surface area (Å²) in [4.78, 5) is 14.2. The molecule has 1 amide bonds. The third kappa shape index (κ3) is 6.78.